The Bertz CT molecular complexity index is 411. The van der Waals surface area contributed by atoms with Gasteiger partial charge in [-0.3, -0.25) is 4.79 Å². The van der Waals surface area contributed by atoms with Crippen LogP contribution in [0, 0.1) is 5.92 Å². The highest BCUT2D eigenvalue weighted by Gasteiger charge is 2.18. The summed E-state index contributed by atoms with van der Waals surface area (Å²) in [5.74, 6) is -0.0737. The molecule has 1 atom stereocenters. The summed E-state index contributed by atoms with van der Waals surface area (Å²) in [5, 5.41) is 0. The van der Waals surface area contributed by atoms with Crippen LogP contribution in [0.25, 0.3) is 0 Å². The fraction of sp³-hybridized carbons (Fsp3) is 0.611. The molecule has 0 heterocycles. The number of rotatable bonds is 7. The second kappa shape index (κ2) is 8.78. The van der Waals surface area contributed by atoms with Crippen molar-refractivity contribution in [3.8, 4) is 0 Å². The van der Waals surface area contributed by atoms with Gasteiger partial charge in [-0.2, -0.15) is 0 Å². The van der Waals surface area contributed by atoms with Crippen molar-refractivity contribution in [1.82, 2.24) is 0 Å². The molecule has 1 aliphatic rings. The zero-order valence-corrected chi connectivity index (χ0v) is 13.2. The predicted octanol–water partition coefficient (Wildman–Crippen LogP) is 4.67. The summed E-state index contributed by atoms with van der Waals surface area (Å²) < 4.78 is 0. The molecule has 1 amide bonds. The SMILES string of the molecule is CC(C)=CCC/C(C)=C/CCC1=CCC(C(N)=O)CC1. The lowest BCUT2D eigenvalue weighted by atomic mass is 9.87. The minimum absolute atomic E-state index is 0.0695. The minimum atomic E-state index is -0.143. The molecule has 2 nitrogen and oxygen atoms in total. The Hall–Kier alpha value is -1.31. The fourth-order valence-corrected chi connectivity index (χ4v) is 2.57. The molecule has 0 aromatic carbocycles. The third-order valence-corrected chi connectivity index (χ3v) is 3.96. The average molecular weight is 275 g/mol. The monoisotopic (exact) mass is 275 g/mol. The van der Waals surface area contributed by atoms with Gasteiger partial charge in [-0.1, -0.05) is 34.9 Å². The Balaban J connectivity index is 2.27. The predicted molar refractivity (Wildman–Crippen MR) is 86.3 cm³/mol. The van der Waals surface area contributed by atoms with Gasteiger partial charge in [0, 0.05) is 5.92 Å². The Kier molecular flexibility index (Phi) is 7.35. The van der Waals surface area contributed by atoms with Crippen LogP contribution >= 0.6 is 0 Å². The number of carbonyl (C=O) groups excluding carboxylic acids is 1. The van der Waals surface area contributed by atoms with Crippen LogP contribution in [-0.2, 0) is 4.79 Å². The van der Waals surface area contributed by atoms with Gasteiger partial charge in [-0.15, -0.1) is 0 Å². The maximum atomic E-state index is 11.1. The summed E-state index contributed by atoms with van der Waals surface area (Å²) in [6.45, 7) is 6.51. The lowest BCUT2D eigenvalue weighted by Gasteiger charge is -2.18. The van der Waals surface area contributed by atoms with Crippen molar-refractivity contribution in [3.05, 3.63) is 34.9 Å². The first-order valence-electron chi connectivity index (χ1n) is 7.75. The van der Waals surface area contributed by atoms with Crippen LogP contribution in [0.3, 0.4) is 0 Å². The van der Waals surface area contributed by atoms with Gasteiger partial charge in [0.2, 0.25) is 5.91 Å². The molecule has 0 radical (unpaired) electrons. The molecule has 2 heteroatoms. The lowest BCUT2D eigenvalue weighted by molar-refractivity contribution is -0.122. The van der Waals surface area contributed by atoms with E-state index in [1.165, 1.54) is 16.7 Å². The molecule has 0 spiro atoms. The van der Waals surface area contributed by atoms with Gasteiger partial charge in [0.25, 0.3) is 0 Å². The number of primary amides is 1. The molecule has 0 aliphatic heterocycles. The maximum absolute atomic E-state index is 11.1. The number of hydrogen-bond acceptors (Lipinski definition) is 1. The van der Waals surface area contributed by atoms with Gasteiger partial charge in [0.15, 0.2) is 0 Å². The lowest BCUT2D eigenvalue weighted by Crippen LogP contribution is -2.24. The molecule has 0 fully saturated rings. The quantitative estimate of drug-likeness (QED) is 0.674. The van der Waals surface area contributed by atoms with E-state index in [1.54, 1.807) is 0 Å². The van der Waals surface area contributed by atoms with E-state index in [2.05, 4.69) is 39.0 Å². The number of allylic oxidation sites excluding steroid dienone is 6. The molecule has 0 bridgehead atoms. The molecule has 1 aliphatic carbocycles. The number of carbonyl (C=O) groups is 1. The zero-order chi connectivity index (χ0) is 15.0. The normalized spacial score (nSPS) is 19.4. The van der Waals surface area contributed by atoms with Gasteiger partial charge in [-0.05, 0) is 65.7 Å². The zero-order valence-electron chi connectivity index (χ0n) is 13.2. The van der Waals surface area contributed by atoms with Crippen molar-refractivity contribution in [1.29, 1.82) is 0 Å². The Morgan fingerprint density at radius 2 is 2.05 bits per heavy atom. The highest BCUT2D eigenvalue weighted by Crippen LogP contribution is 2.26. The van der Waals surface area contributed by atoms with Gasteiger partial charge in [-0.25, -0.2) is 0 Å². The first-order valence-corrected chi connectivity index (χ1v) is 7.75. The highest BCUT2D eigenvalue weighted by atomic mass is 16.1. The number of nitrogens with two attached hydrogens (primary N) is 1. The summed E-state index contributed by atoms with van der Waals surface area (Å²) in [5.41, 5.74) is 9.71. The first kappa shape index (κ1) is 16.7. The number of hydrogen-bond donors (Lipinski definition) is 1. The van der Waals surface area contributed by atoms with Crippen LogP contribution in [0.5, 0.6) is 0 Å². The molecule has 0 saturated heterocycles. The first-order chi connectivity index (χ1) is 9.49. The molecule has 1 unspecified atom stereocenters. The molecule has 112 valence electrons. The van der Waals surface area contributed by atoms with Gasteiger partial charge in [0.05, 0.1) is 0 Å². The van der Waals surface area contributed by atoms with Crippen molar-refractivity contribution < 1.29 is 4.79 Å². The average Bonchev–Trinajstić information content (AvgIpc) is 2.39. The van der Waals surface area contributed by atoms with Crippen molar-refractivity contribution in [2.75, 3.05) is 0 Å². The highest BCUT2D eigenvalue weighted by molar-refractivity contribution is 5.77. The van der Waals surface area contributed by atoms with E-state index < -0.39 is 0 Å². The Morgan fingerprint density at radius 3 is 2.60 bits per heavy atom. The maximum Gasteiger partial charge on any atom is 0.220 e. The summed E-state index contributed by atoms with van der Waals surface area (Å²) in [6.07, 6.45) is 14.3. The standard InChI is InChI=1S/C18H29NO/c1-14(2)6-4-7-15(3)8-5-9-16-10-12-17(13-11-16)18(19)20/h6,8,10,17H,4-5,7,9,11-13H2,1-3H3,(H2,19,20)/b15-8+. The van der Waals surface area contributed by atoms with Crippen LogP contribution < -0.4 is 5.73 Å². The molecule has 1 rings (SSSR count). The molecule has 20 heavy (non-hydrogen) atoms. The Labute approximate surface area is 123 Å². The van der Waals surface area contributed by atoms with E-state index in [0.717, 1.165) is 44.9 Å². The van der Waals surface area contributed by atoms with Crippen LogP contribution in [-0.4, -0.2) is 5.91 Å². The van der Waals surface area contributed by atoms with E-state index in [4.69, 9.17) is 5.73 Å². The molecule has 2 N–H and O–H groups in total. The summed E-state index contributed by atoms with van der Waals surface area (Å²) in [6, 6.07) is 0. The molecule has 0 aromatic rings. The van der Waals surface area contributed by atoms with Crippen LogP contribution in [0.1, 0.15) is 65.7 Å². The van der Waals surface area contributed by atoms with E-state index in [9.17, 15) is 4.79 Å². The minimum Gasteiger partial charge on any atom is -0.369 e. The molecular weight excluding hydrogens is 246 g/mol. The van der Waals surface area contributed by atoms with E-state index in [0.29, 0.717) is 0 Å². The van der Waals surface area contributed by atoms with Crippen molar-refractivity contribution in [2.24, 2.45) is 11.7 Å². The topological polar surface area (TPSA) is 43.1 Å². The Morgan fingerprint density at radius 1 is 1.30 bits per heavy atom. The summed E-state index contributed by atoms with van der Waals surface area (Å²) >= 11 is 0. The number of amides is 1. The molecular formula is C18H29NO. The smallest absolute Gasteiger partial charge is 0.220 e. The second-order valence-corrected chi connectivity index (χ2v) is 6.15. The van der Waals surface area contributed by atoms with Crippen molar-refractivity contribution in [2.45, 2.75) is 65.7 Å². The van der Waals surface area contributed by atoms with E-state index in [-0.39, 0.29) is 11.8 Å². The third kappa shape index (κ3) is 6.74. The van der Waals surface area contributed by atoms with Crippen molar-refractivity contribution in [3.63, 3.8) is 0 Å². The van der Waals surface area contributed by atoms with Gasteiger partial charge >= 0.3 is 0 Å². The van der Waals surface area contributed by atoms with Gasteiger partial charge < -0.3 is 5.73 Å². The molecule has 0 saturated carbocycles. The van der Waals surface area contributed by atoms with Crippen LogP contribution in [0.2, 0.25) is 0 Å². The fourth-order valence-electron chi connectivity index (χ4n) is 2.57. The van der Waals surface area contributed by atoms with E-state index in [1.807, 2.05) is 0 Å². The van der Waals surface area contributed by atoms with E-state index >= 15 is 0 Å². The largest absolute Gasteiger partial charge is 0.369 e. The molecule has 0 aromatic heterocycles. The summed E-state index contributed by atoms with van der Waals surface area (Å²) in [7, 11) is 0. The van der Waals surface area contributed by atoms with Crippen molar-refractivity contribution >= 4 is 5.91 Å². The third-order valence-electron chi connectivity index (χ3n) is 3.96. The van der Waals surface area contributed by atoms with Crippen LogP contribution in [0.4, 0.5) is 0 Å². The summed E-state index contributed by atoms with van der Waals surface area (Å²) in [4.78, 5) is 11.1. The van der Waals surface area contributed by atoms with Crippen LogP contribution in [0.15, 0.2) is 34.9 Å². The van der Waals surface area contributed by atoms with Gasteiger partial charge in [0.1, 0.15) is 0 Å². The second-order valence-electron chi connectivity index (χ2n) is 6.15.